The first-order chi connectivity index (χ1) is 10.5. The third-order valence-corrected chi connectivity index (χ3v) is 6.97. The van der Waals surface area contributed by atoms with Gasteiger partial charge in [-0.05, 0) is 85.0 Å². The number of aryl methyl sites for hydroxylation is 1. The van der Waals surface area contributed by atoms with Gasteiger partial charge in [0.25, 0.3) is 0 Å². The highest BCUT2D eigenvalue weighted by Gasteiger charge is 2.54. The molecule has 1 aromatic rings. The summed E-state index contributed by atoms with van der Waals surface area (Å²) >= 11 is 0. The molecule has 0 aliphatic heterocycles. The maximum atomic E-state index is 10.4. The lowest BCUT2D eigenvalue weighted by molar-refractivity contribution is -0.0226. The van der Waals surface area contributed by atoms with Crippen molar-refractivity contribution in [2.24, 2.45) is 17.3 Å². The summed E-state index contributed by atoms with van der Waals surface area (Å²) in [4.78, 5) is 0. The van der Waals surface area contributed by atoms with Gasteiger partial charge in [-0.2, -0.15) is 0 Å². The molecule has 0 amide bonds. The van der Waals surface area contributed by atoms with Crippen molar-refractivity contribution in [2.45, 2.75) is 64.9 Å². The second-order valence-corrected chi connectivity index (χ2v) is 7.78. The van der Waals surface area contributed by atoms with Gasteiger partial charge in [0.1, 0.15) is 0 Å². The van der Waals surface area contributed by atoms with Crippen LogP contribution in [0.15, 0.2) is 12.1 Å². The Morgan fingerprint density at radius 1 is 1.17 bits per heavy atom. The number of phenols is 1. The molecule has 128 valence electrons. The molecule has 0 spiro atoms. The van der Waals surface area contributed by atoms with E-state index in [2.05, 4.69) is 13.0 Å². The SMILES string of the molecule is C.COc1cc2c(cc1O)CCC1C2CCC2(C)C(O)CCC12. The molecule has 23 heavy (non-hydrogen) atoms. The van der Waals surface area contributed by atoms with E-state index >= 15 is 0 Å². The minimum Gasteiger partial charge on any atom is -0.504 e. The van der Waals surface area contributed by atoms with Crippen LogP contribution in [0.1, 0.15) is 63.5 Å². The van der Waals surface area contributed by atoms with Crippen LogP contribution in [-0.4, -0.2) is 23.4 Å². The zero-order valence-corrected chi connectivity index (χ0v) is 13.5. The van der Waals surface area contributed by atoms with Crippen molar-refractivity contribution in [1.29, 1.82) is 0 Å². The van der Waals surface area contributed by atoms with Crippen LogP contribution in [-0.2, 0) is 6.42 Å². The molecule has 5 atom stereocenters. The number of methoxy groups -OCH3 is 1. The third kappa shape index (κ3) is 2.27. The molecular weight excluding hydrogens is 288 g/mol. The molecule has 0 bridgehead atoms. The number of phenolic OH excluding ortho intramolecular Hbond substituents is 1. The van der Waals surface area contributed by atoms with E-state index in [1.54, 1.807) is 7.11 Å². The average Bonchev–Trinajstić information content (AvgIpc) is 2.82. The predicted molar refractivity (Wildman–Crippen MR) is 92.0 cm³/mol. The Kier molecular flexibility index (Phi) is 4.12. The molecule has 3 nitrogen and oxygen atoms in total. The lowest BCUT2D eigenvalue weighted by Crippen LogP contribution is -2.43. The van der Waals surface area contributed by atoms with Gasteiger partial charge in [0.15, 0.2) is 11.5 Å². The fourth-order valence-corrected chi connectivity index (χ4v) is 5.72. The van der Waals surface area contributed by atoms with Crippen molar-refractivity contribution in [3.05, 3.63) is 23.3 Å². The number of aliphatic hydroxyl groups excluding tert-OH is 1. The Morgan fingerprint density at radius 2 is 1.96 bits per heavy atom. The van der Waals surface area contributed by atoms with Crippen molar-refractivity contribution in [2.75, 3.05) is 7.11 Å². The molecule has 4 rings (SSSR count). The zero-order valence-electron chi connectivity index (χ0n) is 13.5. The fraction of sp³-hybridized carbons (Fsp3) is 0.700. The Labute approximate surface area is 139 Å². The van der Waals surface area contributed by atoms with Crippen LogP contribution < -0.4 is 4.74 Å². The van der Waals surface area contributed by atoms with E-state index in [1.807, 2.05) is 6.07 Å². The van der Waals surface area contributed by atoms with Crippen LogP contribution in [0.2, 0.25) is 0 Å². The van der Waals surface area contributed by atoms with Crippen molar-refractivity contribution in [1.82, 2.24) is 0 Å². The molecule has 3 aliphatic rings. The third-order valence-electron chi connectivity index (χ3n) is 6.97. The fourth-order valence-electron chi connectivity index (χ4n) is 5.72. The summed E-state index contributed by atoms with van der Waals surface area (Å²) in [5.74, 6) is 2.75. The molecule has 2 N–H and O–H groups in total. The lowest BCUT2D eigenvalue weighted by atomic mass is 9.55. The topological polar surface area (TPSA) is 49.7 Å². The first-order valence-corrected chi connectivity index (χ1v) is 8.62. The number of rotatable bonds is 1. The number of aromatic hydroxyl groups is 1. The number of fused-ring (bicyclic) bond motifs is 5. The van der Waals surface area contributed by atoms with Gasteiger partial charge in [0.2, 0.25) is 0 Å². The smallest absolute Gasteiger partial charge is 0.160 e. The van der Waals surface area contributed by atoms with Crippen LogP contribution in [0, 0.1) is 17.3 Å². The Hall–Kier alpha value is -1.22. The Bertz CT molecular complexity index is 597. The number of hydrogen-bond acceptors (Lipinski definition) is 3. The highest BCUT2D eigenvalue weighted by atomic mass is 16.5. The van der Waals surface area contributed by atoms with Crippen molar-refractivity contribution in [3.63, 3.8) is 0 Å². The minimum absolute atomic E-state index is 0. The Morgan fingerprint density at radius 3 is 2.70 bits per heavy atom. The van der Waals surface area contributed by atoms with Gasteiger partial charge in [-0.3, -0.25) is 0 Å². The quantitative estimate of drug-likeness (QED) is 0.813. The highest BCUT2D eigenvalue weighted by Crippen LogP contribution is 2.61. The van der Waals surface area contributed by atoms with Gasteiger partial charge in [-0.25, -0.2) is 0 Å². The first kappa shape index (κ1) is 16.6. The normalized spacial score (nSPS) is 38.0. The van der Waals surface area contributed by atoms with E-state index in [9.17, 15) is 10.2 Å². The summed E-state index contributed by atoms with van der Waals surface area (Å²) in [5, 5.41) is 20.5. The molecule has 2 fully saturated rings. The summed E-state index contributed by atoms with van der Waals surface area (Å²) < 4.78 is 5.32. The molecule has 2 saturated carbocycles. The summed E-state index contributed by atoms with van der Waals surface area (Å²) in [6, 6.07) is 3.97. The summed E-state index contributed by atoms with van der Waals surface area (Å²) in [5.41, 5.74) is 2.80. The molecule has 5 unspecified atom stereocenters. The maximum Gasteiger partial charge on any atom is 0.160 e. The number of benzene rings is 1. The largest absolute Gasteiger partial charge is 0.504 e. The van der Waals surface area contributed by atoms with E-state index in [0.29, 0.717) is 23.5 Å². The van der Waals surface area contributed by atoms with Gasteiger partial charge in [0.05, 0.1) is 13.2 Å². The van der Waals surface area contributed by atoms with Crippen molar-refractivity contribution in [3.8, 4) is 11.5 Å². The standard InChI is InChI=1S/C19H26O3.CH4/c1-19-8-7-12-13(15(19)5-6-18(19)21)4-3-11-9-16(20)17(22-2)10-14(11)12;/h9-10,12-13,15,18,20-21H,3-8H2,1-2H3;1H4. The van der Waals surface area contributed by atoms with Crippen LogP contribution in [0.25, 0.3) is 0 Å². The van der Waals surface area contributed by atoms with Crippen LogP contribution >= 0.6 is 0 Å². The minimum atomic E-state index is -0.116. The summed E-state index contributed by atoms with van der Waals surface area (Å²) in [6.07, 6.45) is 6.51. The zero-order chi connectivity index (χ0) is 15.5. The van der Waals surface area contributed by atoms with Crippen molar-refractivity contribution < 1.29 is 14.9 Å². The van der Waals surface area contributed by atoms with E-state index in [-0.39, 0.29) is 24.7 Å². The summed E-state index contributed by atoms with van der Waals surface area (Å²) in [7, 11) is 1.62. The van der Waals surface area contributed by atoms with Gasteiger partial charge in [0, 0.05) is 0 Å². The molecule has 3 aliphatic carbocycles. The number of aliphatic hydroxyl groups is 1. The van der Waals surface area contributed by atoms with Gasteiger partial charge in [-0.15, -0.1) is 0 Å². The summed E-state index contributed by atoms with van der Waals surface area (Å²) in [6.45, 7) is 2.30. The van der Waals surface area contributed by atoms with Crippen LogP contribution in [0.5, 0.6) is 11.5 Å². The molecule has 1 aromatic carbocycles. The van der Waals surface area contributed by atoms with Gasteiger partial charge >= 0.3 is 0 Å². The predicted octanol–water partition coefficient (Wildman–Crippen LogP) is 4.25. The molecule has 0 radical (unpaired) electrons. The van der Waals surface area contributed by atoms with E-state index in [1.165, 1.54) is 24.0 Å². The first-order valence-electron chi connectivity index (χ1n) is 8.62. The average molecular weight is 318 g/mol. The molecule has 0 aromatic heterocycles. The number of hydrogen-bond donors (Lipinski definition) is 2. The van der Waals surface area contributed by atoms with E-state index in [0.717, 1.165) is 25.7 Å². The van der Waals surface area contributed by atoms with Crippen LogP contribution in [0.3, 0.4) is 0 Å². The molecule has 0 heterocycles. The second-order valence-electron chi connectivity index (χ2n) is 7.78. The van der Waals surface area contributed by atoms with Crippen LogP contribution in [0.4, 0.5) is 0 Å². The molecule has 0 saturated heterocycles. The van der Waals surface area contributed by atoms with E-state index in [4.69, 9.17) is 4.74 Å². The molecular formula is C20H30O3. The molecule has 3 heteroatoms. The highest BCUT2D eigenvalue weighted by molar-refractivity contribution is 5.49. The maximum absolute atomic E-state index is 10.4. The van der Waals surface area contributed by atoms with Gasteiger partial charge < -0.3 is 14.9 Å². The van der Waals surface area contributed by atoms with E-state index < -0.39 is 0 Å². The van der Waals surface area contributed by atoms with Crippen molar-refractivity contribution >= 4 is 0 Å². The lowest BCUT2D eigenvalue weighted by Gasteiger charge is -2.50. The Balaban J connectivity index is 0.00000156. The monoisotopic (exact) mass is 318 g/mol. The van der Waals surface area contributed by atoms with Gasteiger partial charge in [-0.1, -0.05) is 14.4 Å². The number of ether oxygens (including phenoxy) is 1. The second kappa shape index (κ2) is 5.70.